The Balaban J connectivity index is 1.92. The fourth-order valence-corrected chi connectivity index (χ4v) is 5.25. The summed E-state index contributed by atoms with van der Waals surface area (Å²) in [4.78, 5) is 29.4. The normalized spacial score (nSPS) is 12.3. The zero-order valence-corrected chi connectivity index (χ0v) is 19.7. The number of rotatable bonds is 7. The highest BCUT2D eigenvalue weighted by molar-refractivity contribution is 7.92. The number of hydrogen-bond acceptors (Lipinski definition) is 6. The van der Waals surface area contributed by atoms with Crippen molar-refractivity contribution in [3.63, 3.8) is 0 Å². The second-order valence-electron chi connectivity index (χ2n) is 7.38. The molecule has 0 saturated heterocycles. The van der Waals surface area contributed by atoms with Crippen LogP contribution >= 0.6 is 11.3 Å². The van der Waals surface area contributed by atoms with E-state index in [2.05, 4.69) is 11.6 Å². The highest BCUT2D eigenvalue weighted by atomic mass is 32.2. The van der Waals surface area contributed by atoms with E-state index in [4.69, 9.17) is 4.74 Å². The summed E-state index contributed by atoms with van der Waals surface area (Å²) in [7, 11) is -2.04. The Morgan fingerprint density at radius 3 is 2.47 bits per heavy atom. The Labute approximate surface area is 190 Å². The van der Waals surface area contributed by atoms with E-state index in [1.165, 1.54) is 30.6 Å². The molecule has 0 fully saturated rings. The minimum Gasteiger partial charge on any atom is -0.465 e. The molecule has 1 heterocycles. The van der Waals surface area contributed by atoms with Gasteiger partial charge in [0.25, 0.3) is 5.91 Å². The van der Waals surface area contributed by atoms with Gasteiger partial charge in [0.05, 0.1) is 39.5 Å². The SMILES string of the molecule is C=CCn1c(=NC(=O)Cc2ccc(S(=O)(=O)C(C)C)cc2)sc2cc(C(=O)OC)ccc21. The molecule has 0 spiro atoms. The van der Waals surface area contributed by atoms with Crippen molar-refractivity contribution in [1.82, 2.24) is 4.57 Å². The number of ether oxygens (including phenoxy) is 1. The van der Waals surface area contributed by atoms with E-state index in [0.717, 1.165) is 10.2 Å². The summed E-state index contributed by atoms with van der Waals surface area (Å²) in [5, 5.41) is -0.516. The summed E-state index contributed by atoms with van der Waals surface area (Å²) < 4.78 is 31.9. The van der Waals surface area contributed by atoms with E-state index < -0.39 is 21.1 Å². The number of allylic oxidation sites excluding steroid dienone is 1. The van der Waals surface area contributed by atoms with Crippen LogP contribution in [0.5, 0.6) is 0 Å². The van der Waals surface area contributed by atoms with E-state index in [0.29, 0.717) is 22.5 Å². The first-order chi connectivity index (χ1) is 15.2. The molecule has 0 saturated carbocycles. The van der Waals surface area contributed by atoms with E-state index >= 15 is 0 Å². The molecule has 0 aliphatic heterocycles. The topological polar surface area (TPSA) is 94.8 Å². The zero-order chi connectivity index (χ0) is 23.5. The quantitative estimate of drug-likeness (QED) is 0.387. The van der Waals surface area contributed by atoms with Crippen molar-refractivity contribution in [3.05, 3.63) is 71.0 Å². The molecule has 3 rings (SSSR count). The van der Waals surface area contributed by atoms with Gasteiger partial charge in [-0.1, -0.05) is 29.5 Å². The first kappa shape index (κ1) is 23.6. The Morgan fingerprint density at radius 2 is 1.88 bits per heavy atom. The van der Waals surface area contributed by atoms with Crippen molar-refractivity contribution in [2.75, 3.05) is 7.11 Å². The van der Waals surface area contributed by atoms with Gasteiger partial charge in [-0.15, -0.1) is 6.58 Å². The summed E-state index contributed by atoms with van der Waals surface area (Å²) in [6.45, 7) is 7.47. The molecule has 1 amide bonds. The number of hydrogen-bond donors (Lipinski definition) is 0. The Morgan fingerprint density at radius 1 is 1.19 bits per heavy atom. The molecule has 0 aliphatic carbocycles. The maximum atomic E-state index is 12.6. The van der Waals surface area contributed by atoms with Gasteiger partial charge >= 0.3 is 5.97 Å². The van der Waals surface area contributed by atoms with Gasteiger partial charge in [0, 0.05) is 6.54 Å². The second-order valence-corrected chi connectivity index (χ2v) is 10.9. The number of carbonyl (C=O) groups is 2. The number of nitrogens with zero attached hydrogens (tertiary/aromatic N) is 2. The Kier molecular flexibility index (Phi) is 7.10. The van der Waals surface area contributed by atoms with Gasteiger partial charge in [-0.25, -0.2) is 13.2 Å². The molecule has 1 aromatic heterocycles. The van der Waals surface area contributed by atoms with E-state index in [1.54, 1.807) is 50.3 Å². The van der Waals surface area contributed by atoms with Crippen LogP contribution in [0.3, 0.4) is 0 Å². The highest BCUT2D eigenvalue weighted by Gasteiger charge is 2.19. The minimum atomic E-state index is -3.36. The van der Waals surface area contributed by atoms with Gasteiger partial charge in [0.15, 0.2) is 14.6 Å². The molecule has 0 N–H and O–H groups in total. The van der Waals surface area contributed by atoms with E-state index in [9.17, 15) is 18.0 Å². The van der Waals surface area contributed by atoms with Crippen molar-refractivity contribution >= 4 is 43.3 Å². The number of amides is 1. The Hall–Kier alpha value is -3.04. The third-order valence-electron chi connectivity index (χ3n) is 4.86. The minimum absolute atomic E-state index is 0.0394. The number of fused-ring (bicyclic) bond motifs is 1. The van der Waals surface area contributed by atoms with E-state index in [1.807, 2.05) is 4.57 Å². The third kappa shape index (κ3) is 4.89. The summed E-state index contributed by atoms with van der Waals surface area (Å²) in [5.41, 5.74) is 1.92. The third-order valence-corrected chi connectivity index (χ3v) is 8.08. The molecule has 0 aliphatic rings. The summed E-state index contributed by atoms with van der Waals surface area (Å²) in [6.07, 6.45) is 1.75. The number of esters is 1. The number of aromatic nitrogens is 1. The van der Waals surface area contributed by atoms with E-state index in [-0.39, 0.29) is 17.2 Å². The number of benzene rings is 2. The fourth-order valence-electron chi connectivity index (χ4n) is 3.10. The number of methoxy groups -OCH3 is 1. The maximum absolute atomic E-state index is 12.6. The predicted molar refractivity (Wildman–Crippen MR) is 124 cm³/mol. The van der Waals surface area contributed by atoms with Crippen molar-refractivity contribution in [1.29, 1.82) is 0 Å². The van der Waals surface area contributed by atoms with Gasteiger partial charge in [-0.05, 0) is 49.7 Å². The van der Waals surface area contributed by atoms with Crippen LogP contribution in [0, 0.1) is 0 Å². The van der Waals surface area contributed by atoms with Gasteiger partial charge in [0.1, 0.15) is 0 Å². The molecular formula is C23H24N2O5S2. The lowest BCUT2D eigenvalue weighted by molar-refractivity contribution is -0.117. The highest BCUT2D eigenvalue weighted by Crippen LogP contribution is 2.20. The molecule has 0 atom stereocenters. The van der Waals surface area contributed by atoms with Gasteiger partial charge in [0.2, 0.25) is 0 Å². The number of sulfone groups is 1. The van der Waals surface area contributed by atoms with Crippen molar-refractivity contribution in [2.24, 2.45) is 4.99 Å². The average Bonchev–Trinajstić information content (AvgIpc) is 3.09. The van der Waals surface area contributed by atoms with Gasteiger partial charge < -0.3 is 9.30 Å². The fraction of sp³-hybridized carbons (Fsp3) is 0.261. The first-order valence-electron chi connectivity index (χ1n) is 9.90. The van der Waals surface area contributed by atoms with Crippen LogP contribution in [0.25, 0.3) is 10.2 Å². The molecule has 0 unspecified atom stereocenters. The monoisotopic (exact) mass is 472 g/mol. The first-order valence-corrected chi connectivity index (χ1v) is 12.3. The van der Waals surface area contributed by atoms with Crippen molar-refractivity contribution in [2.45, 2.75) is 37.0 Å². The maximum Gasteiger partial charge on any atom is 0.337 e. The smallest absolute Gasteiger partial charge is 0.337 e. The molecular weight excluding hydrogens is 448 g/mol. The van der Waals surface area contributed by atoms with Gasteiger partial charge in [-0.3, -0.25) is 4.79 Å². The molecule has 0 radical (unpaired) electrons. The van der Waals surface area contributed by atoms with Crippen LogP contribution in [-0.2, 0) is 32.3 Å². The zero-order valence-electron chi connectivity index (χ0n) is 18.1. The summed E-state index contributed by atoms with van der Waals surface area (Å²) in [5.74, 6) is -0.796. The molecule has 168 valence electrons. The predicted octanol–water partition coefficient (Wildman–Crippen LogP) is 3.53. The summed E-state index contributed by atoms with van der Waals surface area (Å²) in [6, 6.07) is 11.5. The Bertz CT molecular complexity index is 1350. The molecule has 9 heteroatoms. The van der Waals surface area contributed by atoms with Crippen LogP contribution in [0.4, 0.5) is 0 Å². The largest absolute Gasteiger partial charge is 0.465 e. The van der Waals surface area contributed by atoms with Crippen LogP contribution < -0.4 is 4.80 Å². The van der Waals surface area contributed by atoms with Crippen LogP contribution in [-0.4, -0.2) is 37.2 Å². The average molecular weight is 473 g/mol. The van der Waals surface area contributed by atoms with Gasteiger partial charge in [-0.2, -0.15) is 4.99 Å². The molecule has 7 nitrogen and oxygen atoms in total. The van der Waals surface area contributed by atoms with Crippen LogP contribution in [0.15, 0.2) is 65.0 Å². The summed E-state index contributed by atoms with van der Waals surface area (Å²) >= 11 is 1.29. The lowest BCUT2D eigenvalue weighted by Crippen LogP contribution is -2.17. The van der Waals surface area contributed by atoms with Crippen LogP contribution in [0.1, 0.15) is 29.8 Å². The molecule has 2 aromatic carbocycles. The molecule has 0 bridgehead atoms. The molecule has 3 aromatic rings. The number of carbonyl (C=O) groups excluding carboxylic acids is 2. The molecule has 32 heavy (non-hydrogen) atoms. The second kappa shape index (κ2) is 9.62. The standard InChI is InChI=1S/C23H24N2O5S2/c1-5-12-25-19-11-8-17(22(27)30-4)14-20(19)31-23(25)24-21(26)13-16-6-9-18(10-7-16)32(28,29)15(2)3/h5-11,14-15H,1,12-13H2,2-4H3. The van der Waals surface area contributed by atoms with Crippen molar-refractivity contribution in [3.8, 4) is 0 Å². The number of thiazole rings is 1. The van der Waals surface area contributed by atoms with Crippen molar-refractivity contribution < 1.29 is 22.7 Å². The lowest BCUT2D eigenvalue weighted by Gasteiger charge is -2.08. The van der Waals surface area contributed by atoms with Crippen LogP contribution in [0.2, 0.25) is 0 Å². The lowest BCUT2D eigenvalue weighted by atomic mass is 10.1.